The molecule has 0 unspecified atom stereocenters. The molecule has 112 valence electrons. The Morgan fingerprint density at radius 3 is 2.65 bits per heavy atom. The monoisotopic (exact) mass is 298 g/mol. The molecule has 0 N–H and O–H groups in total. The normalized spacial score (nSPS) is 12.9. The van der Waals surface area contributed by atoms with Gasteiger partial charge in [0.2, 0.25) is 0 Å². The standard InChI is InChI=1S/C21H18N2/c1-16-9-8-10-17(15-16)21-22-19-13-6-3-7-14-20(19)23(21)18-11-4-2-5-12-18/h2-12,14-15H,13H2,1H3. The number of hydrogen-bond donors (Lipinski definition) is 0. The van der Waals surface area contributed by atoms with E-state index in [-0.39, 0.29) is 0 Å². The molecule has 1 aliphatic rings. The highest BCUT2D eigenvalue weighted by Crippen LogP contribution is 2.29. The molecule has 2 nitrogen and oxygen atoms in total. The third-order valence-corrected chi connectivity index (χ3v) is 4.09. The van der Waals surface area contributed by atoms with Crippen molar-refractivity contribution in [1.82, 2.24) is 9.55 Å². The lowest BCUT2D eigenvalue weighted by Crippen LogP contribution is -2.00. The predicted molar refractivity (Wildman–Crippen MR) is 95.6 cm³/mol. The maximum Gasteiger partial charge on any atom is 0.145 e. The van der Waals surface area contributed by atoms with Gasteiger partial charge in [0.25, 0.3) is 0 Å². The van der Waals surface area contributed by atoms with E-state index in [2.05, 4.69) is 84.3 Å². The summed E-state index contributed by atoms with van der Waals surface area (Å²) in [6.45, 7) is 2.12. The first-order valence-electron chi connectivity index (χ1n) is 7.90. The molecule has 1 heterocycles. The van der Waals surface area contributed by atoms with Crippen LogP contribution in [0.15, 0.2) is 72.8 Å². The van der Waals surface area contributed by atoms with Crippen molar-refractivity contribution in [3.05, 3.63) is 89.8 Å². The minimum absolute atomic E-state index is 0.862. The van der Waals surface area contributed by atoms with Crippen molar-refractivity contribution >= 4 is 6.08 Å². The number of fused-ring (bicyclic) bond motifs is 1. The molecule has 2 heteroatoms. The molecule has 4 rings (SSSR count). The van der Waals surface area contributed by atoms with Crippen LogP contribution >= 0.6 is 0 Å². The van der Waals surface area contributed by atoms with Crippen molar-refractivity contribution in [2.75, 3.05) is 0 Å². The zero-order valence-electron chi connectivity index (χ0n) is 13.1. The summed E-state index contributed by atoms with van der Waals surface area (Å²) in [5.41, 5.74) is 5.83. The zero-order valence-corrected chi connectivity index (χ0v) is 13.1. The van der Waals surface area contributed by atoms with E-state index < -0.39 is 0 Å². The van der Waals surface area contributed by atoms with Crippen LogP contribution in [0.3, 0.4) is 0 Å². The van der Waals surface area contributed by atoms with E-state index in [1.807, 2.05) is 6.07 Å². The van der Waals surface area contributed by atoms with Gasteiger partial charge in [-0.3, -0.25) is 4.57 Å². The van der Waals surface area contributed by atoms with Gasteiger partial charge in [0.15, 0.2) is 0 Å². The summed E-state index contributed by atoms with van der Waals surface area (Å²) >= 11 is 0. The van der Waals surface area contributed by atoms with Gasteiger partial charge in [-0.1, -0.05) is 60.2 Å². The van der Waals surface area contributed by atoms with Crippen LogP contribution in [0.2, 0.25) is 0 Å². The van der Waals surface area contributed by atoms with Crippen molar-refractivity contribution in [3.8, 4) is 17.1 Å². The van der Waals surface area contributed by atoms with E-state index in [4.69, 9.17) is 4.98 Å². The van der Waals surface area contributed by atoms with Gasteiger partial charge in [-0.2, -0.15) is 0 Å². The molecule has 1 aromatic heterocycles. The van der Waals surface area contributed by atoms with Gasteiger partial charge in [-0.15, -0.1) is 0 Å². The van der Waals surface area contributed by atoms with Crippen molar-refractivity contribution in [2.45, 2.75) is 13.3 Å². The molecule has 3 aromatic rings. The molecule has 1 aliphatic carbocycles. The first-order chi connectivity index (χ1) is 11.3. The first-order valence-corrected chi connectivity index (χ1v) is 7.90. The third kappa shape index (κ3) is 2.53. The maximum absolute atomic E-state index is 4.96. The topological polar surface area (TPSA) is 17.8 Å². The van der Waals surface area contributed by atoms with E-state index in [9.17, 15) is 0 Å². The van der Waals surface area contributed by atoms with E-state index >= 15 is 0 Å². The smallest absolute Gasteiger partial charge is 0.145 e. The van der Waals surface area contributed by atoms with E-state index in [1.165, 1.54) is 5.56 Å². The van der Waals surface area contributed by atoms with Crippen LogP contribution < -0.4 is 0 Å². The Bertz CT molecular complexity index is 899. The predicted octanol–water partition coefficient (Wildman–Crippen LogP) is 4.97. The second-order valence-electron chi connectivity index (χ2n) is 5.80. The fraction of sp³-hybridized carbons (Fsp3) is 0.0952. The molecule has 0 fully saturated rings. The number of aryl methyl sites for hydroxylation is 1. The van der Waals surface area contributed by atoms with Crippen LogP contribution in [0.25, 0.3) is 23.2 Å². The molecule has 0 saturated carbocycles. The fourth-order valence-corrected chi connectivity index (χ4v) is 3.02. The SMILES string of the molecule is Cc1cccc(-c2nc3c(n2-c2ccccc2)C=CC=CC3)c1. The molecule has 0 radical (unpaired) electrons. The number of hydrogen-bond acceptors (Lipinski definition) is 1. The third-order valence-electron chi connectivity index (χ3n) is 4.09. The quantitative estimate of drug-likeness (QED) is 0.653. The highest BCUT2D eigenvalue weighted by atomic mass is 15.1. The summed E-state index contributed by atoms with van der Waals surface area (Å²) in [5.74, 6) is 1.00. The van der Waals surface area contributed by atoms with Crippen molar-refractivity contribution in [1.29, 1.82) is 0 Å². The highest BCUT2D eigenvalue weighted by molar-refractivity contribution is 5.67. The van der Waals surface area contributed by atoms with Gasteiger partial charge in [0, 0.05) is 17.7 Å². The molecule has 0 spiro atoms. The maximum atomic E-state index is 4.96. The second kappa shape index (κ2) is 5.73. The van der Waals surface area contributed by atoms with Gasteiger partial charge in [0.05, 0.1) is 11.4 Å². The average Bonchev–Trinajstić information content (AvgIpc) is 2.79. The fourth-order valence-electron chi connectivity index (χ4n) is 3.02. The van der Waals surface area contributed by atoms with Crippen LogP contribution in [-0.4, -0.2) is 9.55 Å². The Morgan fingerprint density at radius 2 is 1.83 bits per heavy atom. The van der Waals surface area contributed by atoms with Crippen LogP contribution in [0, 0.1) is 6.92 Å². The Kier molecular flexibility index (Phi) is 3.43. The van der Waals surface area contributed by atoms with Crippen molar-refractivity contribution in [2.24, 2.45) is 0 Å². The number of benzene rings is 2. The molecule has 0 bridgehead atoms. The summed E-state index contributed by atoms with van der Waals surface area (Å²) in [7, 11) is 0. The Hall–Kier alpha value is -2.87. The largest absolute Gasteiger partial charge is 0.293 e. The average molecular weight is 298 g/mol. The minimum atomic E-state index is 0.862. The van der Waals surface area contributed by atoms with Gasteiger partial charge in [0.1, 0.15) is 5.82 Å². The van der Waals surface area contributed by atoms with Gasteiger partial charge in [-0.05, 0) is 31.2 Å². The van der Waals surface area contributed by atoms with E-state index in [1.54, 1.807) is 0 Å². The van der Waals surface area contributed by atoms with E-state index in [0.29, 0.717) is 0 Å². The Balaban J connectivity index is 1.99. The Morgan fingerprint density at radius 1 is 0.957 bits per heavy atom. The number of allylic oxidation sites excluding steroid dienone is 3. The zero-order chi connectivity index (χ0) is 15.6. The summed E-state index contributed by atoms with van der Waals surface area (Å²) in [6, 6.07) is 19.0. The number of imidazole rings is 1. The summed E-state index contributed by atoms with van der Waals surface area (Å²) in [5, 5.41) is 0. The minimum Gasteiger partial charge on any atom is -0.293 e. The lowest BCUT2D eigenvalue weighted by atomic mass is 10.1. The lowest BCUT2D eigenvalue weighted by Gasteiger charge is -2.11. The van der Waals surface area contributed by atoms with Crippen molar-refractivity contribution < 1.29 is 0 Å². The lowest BCUT2D eigenvalue weighted by molar-refractivity contribution is 1.05. The molecular formula is C21H18N2. The Labute approximate surface area is 136 Å². The number of rotatable bonds is 2. The van der Waals surface area contributed by atoms with Crippen molar-refractivity contribution in [3.63, 3.8) is 0 Å². The van der Waals surface area contributed by atoms with E-state index in [0.717, 1.165) is 34.9 Å². The summed E-state index contributed by atoms with van der Waals surface area (Å²) in [6.07, 6.45) is 9.35. The van der Waals surface area contributed by atoms with Crippen LogP contribution in [0.1, 0.15) is 17.0 Å². The first kappa shape index (κ1) is 13.8. The molecular weight excluding hydrogens is 280 g/mol. The summed E-state index contributed by atoms with van der Waals surface area (Å²) in [4.78, 5) is 4.96. The van der Waals surface area contributed by atoms with Crippen LogP contribution in [-0.2, 0) is 6.42 Å². The van der Waals surface area contributed by atoms with Crippen LogP contribution in [0.5, 0.6) is 0 Å². The van der Waals surface area contributed by atoms with Crippen LogP contribution in [0.4, 0.5) is 0 Å². The molecule has 0 saturated heterocycles. The molecule has 0 atom stereocenters. The molecule has 2 aromatic carbocycles. The number of aromatic nitrogens is 2. The second-order valence-corrected chi connectivity index (χ2v) is 5.80. The molecule has 0 aliphatic heterocycles. The molecule has 0 amide bonds. The molecule has 23 heavy (non-hydrogen) atoms. The van der Waals surface area contributed by atoms with Gasteiger partial charge < -0.3 is 0 Å². The highest BCUT2D eigenvalue weighted by Gasteiger charge is 2.18. The van der Waals surface area contributed by atoms with Gasteiger partial charge >= 0.3 is 0 Å². The van der Waals surface area contributed by atoms with Gasteiger partial charge in [-0.25, -0.2) is 4.98 Å². The number of para-hydroxylation sites is 1. The number of nitrogens with zero attached hydrogens (tertiary/aromatic N) is 2. The summed E-state index contributed by atoms with van der Waals surface area (Å²) < 4.78 is 2.26.